The highest BCUT2D eigenvalue weighted by atomic mass is 16.4. The number of carboxylic acids is 1. The summed E-state index contributed by atoms with van der Waals surface area (Å²) in [4.78, 5) is 34.1. The summed E-state index contributed by atoms with van der Waals surface area (Å²) < 4.78 is 0. The summed E-state index contributed by atoms with van der Waals surface area (Å²) in [7, 11) is 0. The van der Waals surface area contributed by atoms with Crippen molar-refractivity contribution in [1.29, 1.82) is 0 Å². The number of Topliss-reactive ketones (excluding diaryl/α,β-unsaturated/α-hetero) is 1. The van der Waals surface area contributed by atoms with Crippen LogP contribution in [0.3, 0.4) is 0 Å². The molecule has 4 N–H and O–H groups in total. The third-order valence-electron chi connectivity index (χ3n) is 3.79. The third kappa shape index (κ3) is 5.69. The standard InChI is InChI=1S/C14H24N2O4/c1-9(16-14(20)11(15)8-13(18)19)12(17)7-10-5-3-2-4-6-10/h9-11H,2-8,15H2,1H3,(H,16,20)(H,18,19)/t9?,11-/m0/s1. The van der Waals surface area contributed by atoms with Crippen molar-refractivity contribution in [2.24, 2.45) is 11.7 Å². The van der Waals surface area contributed by atoms with E-state index >= 15 is 0 Å². The second-order valence-electron chi connectivity index (χ2n) is 5.61. The number of aliphatic carboxylic acids is 1. The van der Waals surface area contributed by atoms with Gasteiger partial charge in [0.15, 0.2) is 5.78 Å². The number of amides is 1. The van der Waals surface area contributed by atoms with Crippen molar-refractivity contribution in [3.8, 4) is 0 Å². The second kappa shape index (κ2) is 7.99. The molecular weight excluding hydrogens is 260 g/mol. The van der Waals surface area contributed by atoms with E-state index in [1.165, 1.54) is 19.3 Å². The molecule has 1 rings (SSSR count). The van der Waals surface area contributed by atoms with Gasteiger partial charge < -0.3 is 16.2 Å². The zero-order chi connectivity index (χ0) is 15.1. The topological polar surface area (TPSA) is 109 Å². The Bertz CT molecular complexity index is 364. The van der Waals surface area contributed by atoms with Gasteiger partial charge in [-0.15, -0.1) is 0 Å². The molecule has 0 spiro atoms. The van der Waals surface area contributed by atoms with Gasteiger partial charge in [-0.1, -0.05) is 32.1 Å². The Morgan fingerprint density at radius 2 is 1.85 bits per heavy atom. The van der Waals surface area contributed by atoms with Crippen molar-refractivity contribution in [3.05, 3.63) is 0 Å². The fraction of sp³-hybridized carbons (Fsp3) is 0.786. The molecule has 0 aromatic heterocycles. The Hall–Kier alpha value is -1.43. The molecule has 0 aromatic rings. The van der Waals surface area contributed by atoms with Crippen molar-refractivity contribution >= 4 is 17.7 Å². The zero-order valence-electron chi connectivity index (χ0n) is 11.9. The minimum atomic E-state index is -1.13. The molecule has 0 bridgehead atoms. The van der Waals surface area contributed by atoms with Gasteiger partial charge in [-0.2, -0.15) is 0 Å². The first-order valence-electron chi connectivity index (χ1n) is 7.20. The first-order valence-corrected chi connectivity index (χ1v) is 7.20. The maximum absolute atomic E-state index is 12.0. The molecule has 6 heteroatoms. The van der Waals surface area contributed by atoms with Crippen LogP contribution in [0.5, 0.6) is 0 Å². The van der Waals surface area contributed by atoms with Crippen molar-refractivity contribution in [1.82, 2.24) is 5.32 Å². The van der Waals surface area contributed by atoms with Crippen molar-refractivity contribution in [3.63, 3.8) is 0 Å². The van der Waals surface area contributed by atoms with Crippen LogP contribution in [0, 0.1) is 5.92 Å². The highest BCUT2D eigenvalue weighted by Crippen LogP contribution is 2.26. The number of carboxylic acid groups (broad SMARTS) is 1. The number of hydrogen-bond donors (Lipinski definition) is 3. The molecule has 1 saturated carbocycles. The fourth-order valence-electron chi connectivity index (χ4n) is 2.53. The lowest BCUT2D eigenvalue weighted by atomic mass is 9.85. The normalized spacial score (nSPS) is 19.1. The number of nitrogens with two attached hydrogens (primary N) is 1. The maximum Gasteiger partial charge on any atom is 0.305 e. The van der Waals surface area contributed by atoms with Crippen molar-refractivity contribution in [2.75, 3.05) is 0 Å². The summed E-state index contributed by atoms with van der Waals surface area (Å²) in [5.41, 5.74) is 5.45. The number of carbonyl (C=O) groups excluding carboxylic acids is 2. The van der Waals surface area contributed by atoms with Crippen LogP contribution in [0.15, 0.2) is 0 Å². The fourth-order valence-corrected chi connectivity index (χ4v) is 2.53. The number of hydrogen-bond acceptors (Lipinski definition) is 4. The molecule has 0 saturated heterocycles. The van der Waals surface area contributed by atoms with E-state index in [2.05, 4.69) is 5.32 Å². The smallest absolute Gasteiger partial charge is 0.305 e. The molecule has 0 heterocycles. The van der Waals surface area contributed by atoms with Crippen molar-refractivity contribution < 1.29 is 19.5 Å². The molecule has 1 aliphatic rings. The monoisotopic (exact) mass is 284 g/mol. The minimum Gasteiger partial charge on any atom is -0.481 e. The summed E-state index contributed by atoms with van der Waals surface area (Å²) in [6.07, 6.45) is 5.77. The second-order valence-corrected chi connectivity index (χ2v) is 5.61. The van der Waals surface area contributed by atoms with Gasteiger partial charge in [-0.25, -0.2) is 0 Å². The molecule has 0 radical (unpaired) electrons. The van der Waals surface area contributed by atoms with Gasteiger partial charge in [-0.3, -0.25) is 14.4 Å². The van der Waals surface area contributed by atoms with Crippen LogP contribution in [0.4, 0.5) is 0 Å². The van der Waals surface area contributed by atoms with E-state index in [0.717, 1.165) is 12.8 Å². The number of carbonyl (C=O) groups is 3. The lowest BCUT2D eigenvalue weighted by molar-refractivity contribution is -0.139. The van der Waals surface area contributed by atoms with Crippen LogP contribution < -0.4 is 11.1 Å². The van der Waals surface area contributed by atoms with E-state index < -0.39 is 30.4 Å². The minimum absolute atomic E-state index is 0.00669. The van der Waals surface area contributed by atoms with Gasteiger partial charge in [0, 0.05) is 6.42 Å². The number of ketones is 1. The summed E-state index contributed by atoms with van der Waals surface area (Å²) in [6.45, 7) is 1.62. The Morgan fingerprint density at radius 3 is 2.40 bits per heavy atom. The number of rotatable bonds is 7. The molecule has 1 unspecified atom stereocenters. The molecule has 0 aromatic carbocycles. The Labute approximate surface area is 119 Å². The Kier molecular flexibility index (Phi) is 6.64. The predicted octanol–water partition coefficient (Wildman–Crippen LogP) is 0.833. The van der Waals surface area contributed by atoms with Gasteiger partial charge >= 0.3 is 5.97 Å². The highest BCUT2D eigenvalue weighted by molar-refractivity contribution is 5.92. The quantitative estimate of drug-likeness (QED) is 0.641. The van der Waals surface area contributed by atoms with Crippen LogP contribution in [-0.4, -0.2) is 34.8 Å². The molecule has 114 valence electrons. The van der Waals surface area contributed by atoms with Gasteiger partial charge in [0.05, 0.1) is 18.5 Å². The van der Waals surface area contributed by atoms with Gasteiger partial charge in [0.2, 0.25) is 5.91 Å². The average molecular weight is 284 g/mol. The third-order valence-corrected chi connectivity index (χ3v) is 3.79. The SMILES string of the molecule is CC(NC(=O)[C@@H](N)CC(=O)O)C(=O)CC1CCCCC1. The predicted molar refractivity (Wildman–Crippen MR) is 74.0 cm³/mol. The molecule has 2 atom stereocenters. The highest BCUT2D eigenvalue weighted by Gasteiger charge is 2.24. The van der Waals surface area contributed by atoms with E-state index in [9.17, 15) is 14.4 Å². The van der Waals surface area contributed by atoms with E-state index in [-0.39, 0.29) is 5.78 Å². The first-order chi connectivity index (χ1) is 9.40. The maximum atomic E-state index is 12.0. The molecule has 20 heavy (non-hydrogen) atoms. The summed E-state index contributed by atoms with van der Waals surface area (Å²) in [5.74, 6) is -1.30. The number of nitrogens with one attached hydrogen (secondary N) is 1. The molecular formula is C14H24N2O4. The molecule has 1 fully saturated rings. The summed E-state index contributed by atoms with van der Waals surface area (Å²) in [5, 5.41) is 11.1. The summed E-state index contributed by atoms with van der Waals surface area (Å²) in [6, 6.07) is -1.72. The molecule has 1 aliphatic carbocycles. The molecule has 1 amide bonds. The van der Waals surface area contributed by atoms with Crippen LogP contribution in [0.25, 0.3) is 0 Å². The molecule has 6 nitrogen and oxygen atoms in total. The molecule has 0 aliphatic heterocycles. The van der Waals surface area contributed by atoms with E-state index in [1.54, 1.807) is 6.92 Å². The van der Waals surface area contributed by atoms with Gasteiger partial charge in [0.25, 0.3) is 0 Å². The van der Waals surface area contributed by atoms with E-state index in [1.807, 2.05) is 0 Å². The Balaban J connectivity index is 2.36. The van der Waals surface area contributed by atoms with Gasteiger partial charge in [0.1, 0.15) is 0 Å². The average Bonchev–Trinajstić information content (AvgIpc) is 2.38. The van der Waals surface area contributed by atoms with Crippen LogP contribution in [0.1, 0.15) is 51.9 Å². The van der Waals surface area contributed by atoms with Crippen LogP contribution in [0.2, 0.25) is 0 Å². The van der Waals surface area contributed by atoms with Gasteiger partial charge in [-0.05, 0) is 12.8 Å². The van der Waals surface area contributed by atoms with Crippen molar-refractivity contribution in [2.45, 2.75) is 64.0 Å². The van der Waals surface area contributed by atoms with Crippen LogP contribution in [-0.2, 0) is 14.4 Å². The first kappa shape index (κ1) is 16.6. The lowest BCUT2D eigenvalue weighted by Crippen LogP contribution is -2.48. The van der Waals surface area contributed by atoms with Crippen LogP contribution >= 0.6 is 0 Å². The van der Waals surface area contributed by atoms with E-state index in [4.69, 9.17) is 10.8 Å². The largest absolute Gasteiger partial charge is 0.481 e. The zero-order valence-corrected chi connectivity index (χ0v) is 11.9. The van der Waals surface area contributed by atoms with E-state index in [0.29, 0.717) is 12.3 Å². The summed E-state index contributed by atoms with van der Waals surface area (Å²) >= 11 is 0. The Morgan fingerprint density at radius 1 is 1.25 bits per heavy atom. The lowest BCUT2D eigenvalue weighted by Gasteiger charge is -2.23.